The molecular formula is C14H12FN3O. The third-order valence-corrected chi connectivity index (χ3v) is 2.62. The van der Waals surface area contributed by atoms with Crippen LogP contribution in [0.5, 0.6) is 5.88 Å². The monoisotopic (exact) mass is 257 g/mol. The van der Waals surface area contributed by atoms with Crippen LogP contribution in [0.25, 0.3) is 0 Å². The Bertz CT molecular complexity index is 605. The molecular weight excluding hydrogens is 245 g/mol. The molecule has 1 heterocycles. The molecule has 0 bridgehead atoms. The third-order valence-electron chi connectivity index (χ3n) is 2.62. The van der Waals surface area contributed by atoms with Gasteiger partial charge in [-0.1, -0.05) is 0 Å². The van der Waals surface area contributed by atoms with E-state index >= 15 is 0 Å². The molecule has 1 aromatic carbocycles. The minimum Gasteiger partial charge on any atom is -0.481 e. The van der Waals surface area contributed by atoms with Crippen molar-refractivity contribution < 1.29 is 9.13 Å². The van der Waals surface area contributed by atoms with Gasteiger partial charge < -0.3 is 10.1 Å². The van der Waals surface area contributed by atoms with E-state index in [-0.39, 0.29) is 5.82 Å². The number of hydrogen-bond acceptors (Lipinski definition) is 4. The normalized spacial score (nSPS) is 9.74. The summed E-state index contributed by atoms with van der Waals surface area (Å²) in [6.07, 6.45) is 1.62. The summed E-state index contributed by atoms with van der Waals surface area (Å²) < 4.78 is 18.1. The van der Waals surface area contributed by atoms with Crippen molar-refractivity contribution in [3.63, 3.8) is 0 Å². The van der Waals surface area contributed by atoms with Crippen molar-refractivity contribution in [1.82, 2.24) is 4.98 Å². The second-order valence-electron chi connectivity index (χ2n) is 3.86. The summed E-state index contributed by atoms with van der Waals surface area (Å²) >= 11 is 0. The van der Waals surface area contributed by atoms with E-state index in [1.807, 2.05) is 6.07 Å². The van der Waals surface area contributed by atoms with Crippen molar-refractivity contribution >= 4 is 5.69 Å². The van der Waals surface area contributed by atoms with Gasteiger partial charge in [0.1, 0.15) is 5.82 Å². The first-order chi connectivity index (χ1) is 9.22. The van der Waals surface area contributed by atoms with Gasteiger partial charge in [0.2, 0.25) is 5.88 Å². The summed E-state index contributed by atoms with van der Waals surface area (Å²) in [5.74, 6) is 0.165. The summed E-state index contributed by atoms with van der Waals surface area (Å²) in [5, 5.41) is 12.0. The zero-order chi connectivity index (χ0) is 13.7. The Morgan fingerprint density at radius 2 is 2.21 bits per heavy atom. The molecule has 0 fully saturated rings. The second-order valence-corrected chi connectivity index (χ2v) is 3.86. The predicted octanol–water partition coefficient (Wildman–Crippen LogP) is 2.71. The van der Waals surface area contributed by atoms with Crippen LogP contribution in [0.15, 0.2) is 36.5 Å². The Kier molecular flexibility index (Phi) is 3.94. The number of ether oxygens (including phenoxy) is 1. The summed E-state index contributed by atoms with van der Waals surface area (Å²) in [4.78, 5) is 4.05. The lowest BCUT2D eigenvalue weighted by Gasteiger charge is -2.08. The highest BCUT2D eigenvalue weighted by atomic mass is 19.1. The van der Waals surface area contributed by atoms with Gasteiger partial charge in [0.25, 0.3) is 0 Å². The first kappa shape index (κ1) is 12.8. The fourth-order valence-corrected chi connectivity index (χ4v) is 1.62. The Balaban J connectivity index is 2.09. The molecule has 0 radical (unpaired) electrons. The fraction of sp³-hybridized carbons (Fsp3) is 0.143. The lowest BCUT2D eigenvalue weighted by atomic mass is 10.1. The SMILES string of the molecule is COc1ccc(NCc2cc(F)ccc2C#N)cn1. The van der Waals surface area contributed by atoms with Crippen molar-refractivity contribution in [3.05, 3.63) is 53.5 Å². The van der Waals surface area contributed by atoms with Gasteiger partial charge in [0, 0.05) is 12.6 Å². The maximum Gasteiger partial charge on any atom is 0.213 e. The molecule has 0 spiro atoms. The highest BCUT2D eigenvalue weighted by molar-refractivity contribution is 5.45. The maximum atomic E-state index is 13.1. The van der Waals surface area contributed by atoms with Crippen LogP contribution < -0.4 is 10.1 Å². The molecule has 0 saturated heterocycles. The summed E-state index contributed by atoms with van der Waals surface area (Å²) in [6, 6.07) is 9.65. The van der Waals surface area contributed by atoms with E-state index in [4.69, 9.17) is 10.00 Å². The van der Waals surface area contributed by atoms with Gasteiger partial charge >= 0.3 is 0 Å². The Hall–Kier alpha value is -2.61. The molecule has 0 amide bonds. The minimum atomic E-state index is -0.358. The molecule has 2 aromatic rings. The molecule has 0 aliphatic carbocycles. The van der Waals surface area contributed by atoms with E-state index in [1.54, 1.807) is 25.4 Å². The number of anilines is 1. The molecule has 2 rings (SSSR count). The molecule has 1 N–H and O–H groups in total. The van der Waals surface area contributed by atoms with Crippen LogP contribution in [0.2, 0.25) is 0 Å². The lowest BCUT2D eigenvalue weighted by molar-refractivity contribution is 0.398. The highest BCUT2D eigenvalue weighted by Crippen LogP contribution is 2.15. The minimum absolute atomic E-state index is 0.356. The number of nitrogens with zero attached hydrogens (tertiary/aromatic N) is 2. The molecule has 0 aliphatic heterocycles. The van der Waals surface area contributed by atoms with Gasteiger partial charge in [-0.3, -0.25) is 0 Å². The van der Waals surface area contributed by atoms with Crippen molar-refractivity contribution in [1.29, 1.82) is 5.26 Å². The standard InChI is InChI=1S/C14H12FN3O/c1-19-14-5-4-13(9-18-14)17-8-11-6-12(15)3-2-10(11)7-16/h2-6,9,17H,8H2,1H3. The molecule has 0 saturated carbocycles. The highest BCUT2D eigenvalue weighted by Gasteiger charge is 2.04. The Morgan fingerprint density at radius 1 is 1.37 bits per heavy atom. The number of halogens is 1. The lowest BCUT2D eigenvalue weighted by Crippen LogP contribution is -2.02. The first-order valence-corrected chi connectivity index (χ1v) is 5.65. The third kappa shape index (κ3) is 3.19. The number of aromatic nitrogens is 1. The summed E-state index contributed by atoms with van der Waals surface area (Å²) in [5.41, 5.74) is 1.84. The van der Waals surface area contributed by atoms with Crippen LogP contribution in [0.4, 0.5) is 10.1 Å². The number of rotatable bonds is 4. The van der Waals surface area contributed by atoms with Gasteiger partial charge in [-0.25, -0.2) is 9.37 Å². The van der Waals surface area contributed by atoms with Gasteiger partial charge in [-0.05, 0) is 29.8 Å². The van der Waals surface area contributed by atoms with Crippen molar-refractivity contribution in [2.24, 2.45) is 0 Å². The van der Waals surface area contributed by atoms with E-state index < -0.39 is 0 Å². The number of methoxy groups -OCH3 is 1. The molecule has 96 valence electrons. The molecule has 19 heavy (non-hydrogen) atoms. The van der Waals surface area contributed by atoms with E-state index in [9.17, 15) is 4.39 Å². The molecule has 0 aliphatic rings. The first-order valence-electron chi connectivity index (χ1n) is 5.65. The predicted molar refractivity (Wildman–Crippen MR) is 69.2 cm³/mol. The average molecular weight is 257 g/mol. The second kappa shape index (κ2) is 5.83. The molecule has 4 nitrogen and oxygen atoms in total. The number of nitrogens with one attached hydrogen (secondary N) is 1. The molecule has 0 unspecified atom stereocenters. The quantitative estimate of drug-likeness (QED) is 0.914. The average Bonchev–Trinajstić information content (AvgIpc) is 2.46. The van der Waals surface area contributed by atoms with Crippen molar-refractivity contribution in [3.8, 4) is 11.9 Å². The van der Waals surface area contributed by atoms with Crippen LogP contribution in [-0.2, 0) is 6.54 Å². The largest absolute Gasteiger partial charge is 0.481 e. The van der Waals surface area contributed by atoms with Gasteiger partial charge in [0.15, 0.2) is 0 Å². The number of pyridine rings is 1. The zero-order valence-corrected chi connectivity index (χ0v) is 10.4. The number of nitriles is 1. The van der Waals surface area contributed by atoms with Gasteiger partial charge in [-0.2, -0.15) is 5.26 Å². The Labute approximate surface area is 110 Å². The molecule has 5 heteroatoms. The number of hydrogen-bond donors (Lipinski definition) is 1. The van der Waals surface area contributed by atoms with Crippen molar-refractivity contribution in [2.45, 2.75) is 6.54 Å². The van der Waals surface area contributed by atoms with E-state index in [0.29, 0.717) is 23.6 Å². The van der Waals surface area contributed by atoms with Crippen LogP contribution in [0.1, 0.15) is 11.1 Å². The Morgan fingerprint density at radius 3 is 2.84 bits per heavy atom. The topological polar surface area (TPSA) is 57.9 Å². The van der Waals surface area contributed by atoms with E-state index in [2.05, 4.69) is 10.3 Å². The van der Waals surface area contributed by atoms with Crippen LogP contribution in [-0.4, -0.2) is 12.1 Å². The molecule has 1 aromatic heterocycles. The summed E-state index contributed by atoms with van der Waals surface area (Å²) in [7, 11) is 1.54. The smallest absolute Gasteiger partial charge is 0.213 e. The number of benzene rings is 1. The zero-order valence-electron chi connectivity index (χ0n) is 10.4. The van der Waals surface area contributed by atoms with E-state index in [1.165, 1.54) is 18.2 Å². The van der Waals surface area contributed by atoms with Crippen LogP contribution in [0.3, 0.4) is 0 Å². The maximum absolute atomic E-state index is 13.1. The molecule has 0 atom stereocenters. The van der Waals surface area contributed by atoms with Gasteiger partial charge in [0.05, 0.1) is 30.6 Å². The van der Waals surface area contributed by atoms with E-state index in [0.717, 1.165) is 5.69 Å². The van der Waals surface area contributed by atoms with Crippen LogP contribution >= 0.6 is 0 Å². The van der Waals surface area contributed by atoms with Crippen molar-refractivity contribution in [2.75, 3.05) is 12.4 Å². The fourth-order valence-electron chi connectivity index (χ4n) is 1.62. The van der Waals surface area contributed by atoms with Gasteiger partial charge in [-0.15, -0.1) is 0 Å². The van der Waals surface area contributed by atoms with Crippen LogP contribution in [0, 0.1) is 17.1 Å². The summed E-state index contributed by atoms with van der Waals surface area (Å²) in [6.45, 7) is 0.356.